The van der Waals surface area contributed by atoms with Crippen LogP contribution in [-0.2, 0) is 32.0 Å². The Labute approximate surface area is 223 Å². The van der Waals surface area contributed by atoms with Crippen molar-refractivity contribution in [2.75, 3.05) is 45.7 Å². The lowest BCUT2D eigenvalue weighted by Gasteiger charge is -2.27. The summed E-state index contributed by atoms with van der Waals surface area (Å²) in [5.74, 6) is -0.195. The Morgan fingerprint density at radius 3 is 2.42 bits per heavy atom. The molecule has 2 heterocycles. The number of anilines is 2. The van der Waals surface area contributed by atoms with Crippen LogP contribution >= 0.6 is 0 Å². The Morgan fingerprint density at radius 1 is 1.11 bits per heavy atom. The van der Waals surface area contributed by atoms with Gasteiger partial charge in [-0.3, -0.25) is 4.79 Å². The van der Waals surface area contributed by atoms with Crippen LogP contribution in [0.2, 0.25) is 0 Å². The highest BCUT2D eigenvalue weighted by Crippen LogP contribution is 2.33. The SMILES string of the molecule is COCC(=O)Nc1c(C(=O)OC)n(CCc2ccc(OC)cc2)c2ncc(NC(C)CC(C)(C)OC)cc12. The van der Waals surface area contributed by atoms with E-state index in [0.29, 0.717) is 29.7 Å². The predicted molar refractivity (Wildman–Crippen MR) is 147 cm³/mol. The molecule has 3 rings (SSSR count). The Balaban J connectivity index is 2.05. The third-order valence-electron chi connectivity index (χ3n) is 6.36. The van der Waals surface area contributed by atoms with E-state index in [1.54, 1.807) is 25.0 Å². The van der Waals surface area contributed by atoms with Crippen LogP contribution in [0.15, 0.2) is 36.5 Å². The van der Waals surface area contributed by atoms with Gasteiger partial charge in [-0.1, -0.05) is 12.1 Å². The fourth-order valence-corrected chi connectivity index (χ4v) is 4.45. The van der Waals surface area contributed by atoms with Gasteiger partial charge in [0.05, 0.1) is 37.4 Å². The number of nitrogens with zero attached hydrogens (tertiary/aromatic N) is 2. The minimum Gasteiger partial charge on any atom is -0.497 e. The van der Waals surface area contributed by atoms with Crippen molar-refractivity contribution >= 4 is 34.3 Å². The van der Waals surface area contributed by atoms with E-state index in [1.807, 2.05) is 44.2 Å². The molecule has 1 aromatic carbocycles. The predicted octanol–water partition coefficient (Wildman–Crippen LogP) is 4.27. The van der Waals surface area contributed by atoms with Crippen LogP contribution < -0.4 is 15.4 Å². The summed E-state index contributed by atoms with van der Waals surface area (Å²) in [6.07, 6.45) is 3.10. The van der Waals surface area contributed by atoms with E-state index < -0.39 is 5.97 Å². The average Bonchev–Trinajstić information content (AvgIpc) is 3.19. The highest BCUT2D eigenvalue weighted by atomic mass is 16.5. The third kappa shape index (κ3) is 7.02. The second-order valence-corrected chi connectivity index (χ2v) is 9.75. The maximum absolute atomic E-state index is 13.0. The molecule has 0 saturated heterocycles. The van der Waals surface area contributed by atoms with E-state index in [0.717, 1.165) is 23.4 Å². The van der Waals surface area contributed by atoms with Gasteiger partial charge in [0.25, 0.3) is 0 Å². The molecular weight excluding hydrogens is 488 g/mol. The summed E-state index contributed by atoms with van der Waals surface area (Å²) in [6, 6.07) is 9.70. The first-order valence-corrected chi connectivity index (χ1v) is 12.5. The number of amides is 1. The molecule has 0 saturated carbocycles. The molecule has 0 radical (unpaired) electrons. The number of pyridine rings is 1. The number of hydrogen-bond acceptors (Lipinski definition) is 8. The molecule has 10 heteroatoms. The molecule has 0 bridgehead atoms. The first-order valence-electron chi connectivity index (χ1n) is 12.5. The lowest BCUT2D eigenvalue weighted by atomic mass is 10.00. The van der Waals surface area contributed by atoms with Crippen molar-refractivity contribution in [3.8, 4) is 5.75 Å². The number of benzene rings is 1. The van der Waals surface area contributed by atoms with Crippen LogP contribution in [0.5, 0.6) is 5.75 Å². The summed E-state index contributed by atoms with van der Waals surface area (Å²) in [4.78, 5) is 30.3. The number of ether oxygens (including phenoxy) is 4. The molecule has 3 aromatic rings. The second kappa shape index (κ2) is 12.7. The second-order valence-electron chi connectivity index (χ2n) is 9.75. The zero-order valence-electron chi connectivity index (χ0n) is 23.2. The quantitative estimate of drug-likeness (QED) is 0.318. The molecule has 0 aliphatic rings. The molecule has 10 nitrogen and oxygen atoms in total. The number of aromatic nitrogens is 2. The van der Waals surface area contributed by atoms with Gasteiger partial charge in [-0.2, -0.15) is 0 Å². The van der Waals surface area contributed by atoms with Crippen LogP contribution in [0.4, 0.5) is 11.4 Å². The zero-order valence-corrected chi connectivity index (χ0v) is 23.2. The Bertz CT molecular complexity index is 1250. The standard InChI is InChI=1S/C28H38N4O6/c1-18(15-28(2,3)38-7)30-20-14-22-24(31-23(33)17-35-4)25(27(34)37-6)32(26(22)29-16-20)13-12-19-8-10-21(36-5)11-9-19/h8-11,14,16,18,30H,12-13,15,17H2,1-7H3,(H,31,33). The number of rotatable bonds is 13. The maximum Gasteiger partial charge on any atom is 0.356 e. The number of carbonyl (C=O) groups is 2. The van der Waals surface area contributed by atoms with Gasteiger partial charge in [-0.05, 0) is 57.4 Å². The van der Waals surface area contributed by atoms with E-state index >= 15 is 0 Å². The highest BCUT2D eigenvalue weighted by molar-refractivity contribution is 6.11. The first kappa shape index (κ1) is 28.9. The summed E-state index contributed by atoms with van der Waals surface area (Å²) in [5, 5.41) is 6.91. The van der Waals surface area contributed by atoms with Crippen molar-refractivity contribution in [3.05, 3.63) is 47.8 Å². The number of fused-ring (bicyclic) bond motifs is 1. The molecule has 2 aromatic heterocycles. The lowest BCUT2D eigenvalue weighted by molar-refractivity contribution is -0.119. The van der Waals surface area contributed by atoms with E-state index in [-0.39, 0.29) is 29.9 Å². The van der Waals surface area contributed by atoms with E-state index in [1.165, 1.54) is 14.2 Å². The van der Waals surface area contributed by atoms with Crippen molar-refractivity contribution in [1.29, 1.82) is 0 Å². The number of aryl methyl sites for hydroxylation is 2. The van der Waals surface area contributed by atoms with Crippen LogP contribution in [0.3, 0.4) is 0 Å². The summed E-state index contributed by atoms with van der Waals surface area (Å²) in [7, 11) is 6.06. The van der Waals surface area contributed by atoms with Crippen molar-refractivity contribution in [1.82, 2.24) is 9.55 Å². The van der Waals surface area contributed by atoms with E-state index in [4.69, 9.17) is 23.9 Å². The van der Waals surface area contributed by atoms with Crippen LogP contribution in [0, 0.1) is 0 Å². The van der Waals surface area contributed by atoms with Crippen molar-refractivity contribution in [2.24, 2.45) is 0 Å². The van der Waals surface area contributed by atoms with E-state index in [9.17, 15) is 9.59 Å². The molecule has 0 aliphatic heterocycles. The van der Waals surface area contributed by atoms with Gasteiger partial charge in [-0.15, -0.1) is 0 Å². The number of esters is 1. The van der Waals surface area contributed by atoms with Gasteiger partial charge in [-0.25, -0.2) is 9.78 Å². The summed E-state index contributed by atoms with van der Waals surface area (Å²) in [5.41, 5.74) is 2.63. The smallest absolute Gasteiger partial charge is 0.356 e. The third-order valence-corrected chi connectivity index (χ3v) is 6.36. The Kier molecular flexibility index (Phi) is 9.71. The van der Waals surface area contributed by atoms with Gasteiger partial charge < -0.3 is 34.1 Å². The van der Waals surface area contributed by atoms with Crippen molar-refractivity contribution < 1.29 is 28.5 Å². The van der Waals surface area contributed by atoms with Crippen LogP contribution in [0.1, 0.15) is 43.2 Å². The Morgan fingerprint density at radius 2 is 1.82 bits per heavy atom. The number of methoxy groups -OCH3 is 4. The topological polar surface area (TPSA) is 113 Å². The van der Waals surface area contributed by atoms with Gasteiger partial charge in [0.1, 0.15) is 18.0 Å². The van der Waals surface area contributed by atoms with Crippen LogP contribution in [-0.4, -0.2) is 68.1 Å². The fraction of sp³-hybridized carbons (Fsp3) is 0.464. The van der Waals surface area contributed by atoms with Gasteiger partial charge in [0.15, 0.2) is 5.69 Å². The molecule has 0 fully saturated rings. The molecule has 1 unspecified atom stereocenters. The zero-order chi connectivity index (χ0) is 27.9. The van der Waals surface area contributed by atoms with Crippen molar-refractivity contribution in [2.45, 2.75) is 51.8 Å². The average molecular weight is 527 g/mol. The summed E-state index contributed by atoms with van der Waals surface area (Å²) in [6.45, 7) is 6.40. The summed E-state index contributed by atoms with van der Waals surface area (Å²) >= 11 is 0. The minimum atomic E-state index is -0.574. The maximum atomic E-state index is 13.0. The first-order chi connectivity index (χ1) is 18.1. The number of carbonyl (C=O) groups excluding carboxylic acids is 2. The monoisotopic (exact) mass is 526 g/mol. The largest absolute Gasteiger partial charge is 0.497 e. The van der Waals surface area contributed by atoms with Crippen LogP contribution in [0.25, 0.3) is 11.0 Å². The molecule has 1 amide bonds. The Hall–Kier alpha value is -3.63. The molecule has 38 heavy (non-hydrogen) atoms. The molecular formula is C28H38N4O6. The van der Waals surface area contributed by atoms with Crippen molar-refractivity contribution in [3.63, 3.8) is 0 Å². The van der Waals surface area contributed by atoms with Gasteiger partial charge in [0, 0.05) is 32.2 Å². The summed E-state index contributed by atoms with van der Waals surface area (Å²) < 4.78 is 22.7. The normalized spacial score (nSPS) is 12.3. The lowest BCUT2D eigenvalue weighted by Crippen LogP contribution is -2.31. The minimum absolute atomic E-state index is 0.0768. The molecule has 0 aliphatic carbocycles. The molecule has 2 N–H and O–H groups in total. The molecule has 1 atom stereocenters. The number of hydrogen-bond donors (Lipinski definition) is 2. The van der Waals surface area contributed by atoms with E-state index in [2.05, 4.69) is 17.6 Å². The molecule has 206 valence electrons. The van der Waals surface area contributed by atoms with Gasteiger partial charge in [0.2, 0.25) is 5.91 Å². The highest BCUT2D eigenvalue weighted by Gasteiger charge is 2.27. The number of nitrogens with one attached hydrogen (secondary N) is 2. The molecule has 0 spiro atoms. The van der Waals surface area contributed by atoms with Gasteiger partial charge >= 0.3 is 5.97 Å². The fourth-order valence-electron chi connectivity index (χ4n) is 4.45.